The molecule has 0 radical (unpaired) electrons. The highest BCUT2D eigenvalue weighted by molar-refractivity contribution is 7.90. The van der Waals surface area contributed by atoms with E-state index in [9.17, 15) is 4.80 Å². The molecule has 0 bridgehead atoms. The Morgan fingerprint density at radius 3 is 0.944 bits per heavy atom. The largest absolute Gasteiger partial charge is 0.793 e. The first-order valence-corrected chi connectivity index (χ1v) is 8.00. The van der Waals surface area contributed by atoms with Gasteiger partial charge in [-0.3, -0.25) is 0 Å². The van der Waals surface area contributed by atoms with E-state index in [1.807, 2.05) is 0 Å². The van der Waals surface area contributed by atoms with Crippen molar-refractivity contribution in [1.82, 2.24) is 12.9 Å². The van der Waals surface area contributed by atoms with E-state index in [1.54, 1.807) is 0 Å². The Labute approximate surface area is 115 Å². The molecule has 0 rings (SSSR count). The maximum Gasteiger partial charge on any atom is 0.412 e. The molecular weight excluding hydrogens is 274 g/mol. The zero-order valence-corrected chi connectivity index (χ0v) is 14.7. The summed E-state index contributed by atoms with van der Waals surface area (Å²) < 4.78 is 19.7. The molecule has 0 aliphatic rings. The van der Waals surface area contributed by atoms with Crippen LogP contribution in [0.3, 0.4) is 0 Å². The lowest BCUT2D eigenvalue weighted by Gasteiger charge is -2.29. The van der Waals surface area contributed by atoms with E-state index in [4.69, 9.17) is 0 Å². The molecule has 0 saturated carbocycles. The molecule has 112 valence electrons. The number of hydrogen-bond acceptors (Lipinski definition) is 7. The van der Waals surface area contributed by atoms with Gasteiger partial charge in [-0.15, -0.1) is 0 Å². The summed E-state index contributed by atoms with van der Waals surface area (Å²) in [6.07, 6.45) is 0. The summed E-state index contributed by atoms with van der Waals surface area (Å²) in [5.41, 5.74) is 0. The maximum atomic E-state index is 10.7. The maximum absolute atomic E-state index is 10.7. The lowest BCUT2D eigenvalue weighted by Crippen LogP contribution is -2.56. The summed E-state index contributed by atoms with van der Waals surface area (Å²) in [4.78, 5) is 10.7. The number of nitrogens with zero attached hydrogens (tertiary/aromatic N) is 3. The first kappa shape index (κ1) is 20.6. The second kappa shape index (κ2) is 10.1. The van der Waals surface area contributed by atoms with Gasteiger partial charge in [0.05, 0.1) is 0 Å². The van der Waals surface area contributed by atoms with E-state index in [-0.39, 0.29) is 11.5 Å². The summed E-state index contributed by atoms with van der Waals surface area (Å²) in [7, 11) is 12.9. The lowest BCUT2D eigenvalue weighted by atomic mass is 11.2. The minimum absolute atomic E-state index is 0.120. The van der Waals surface area contributed by atoms with Crippen molar-refractivity contribution in [2.45, 2.75) is 0 Å². The summed E-state index contributed by atoms with van der Waals surface area (Å²) in [5.74, 6) is 0. The molecule has 7 nitrogen and oxygen atoms in total. The van der Waals surface area contributed by atoms with Crippen LogP contribution in [0, 0.1) is 0 Å². The smallest absolute Gasteiger partial charge is 0.412 e. The van der Waals surface area contributed by atoms with E-state index < -0.39 is 9.05 Å². The number of rotatable bonds is 6. The van der Waals surface area contributed by atoms with Crippen molar-refractivity contribution in [2.24, 2.45) is 0 Å². The molecule has 0 N–H and O–H groups in total. The fourth-order valence-electron chi connectivity index (χ4n) is 1.23. The lowest BCUT2D eigenvalue weighted by molar-refractivity contribution is -0.307. The Bertz CT molecular complexity index is 179. The summed E-state index contributed by atoms with van der Waals surface area (Å²) in [5, 5.41) is 0. The molecule has 0 heterocycles. The molecule has 0 amide bonds. The van der Waals surface area contributed by atoms with Gasteiger partial charge in [0.2, 0.25) is 0 Å². The molecule has 18 heavy (non-hydrogen) atoms. The van der Waals surface area contributed by atoms with Crippen LogP contribution in [0.5, 0.6) is 0 Å². The highest BCUT2D eigenvalue weighted by Crippen LogP contribution is 2.05. The zero-order valence-electron chi connectivity index (χ0n) is 12.9. The predicted molar refractivity (Wildman–Crippen MR) is 75.2 cm³/mol. The van der Waals surface area contributed by atoms with E-state index in [0.29, 0.717) is 0 Å². The molecule has 0 saturated heterocycles. The van der Waals surface area contributed by atoms with Gasteiger partial charge < -0.3 is 18.1 Å². The molecule has 0 aliphatic heterocycles. The van der Waals surface area contributed by atoms with Crippen molar-refractivity contribution in [3.63, 3.8) is 0 Å². The highest BCUT2D eigenvalue weighted by Gasteiger charge is 2.29. The summed E-state index contributed by atoms with van der Waals surface area (Å²) in [6.45, 7) is 0. The van der Waals surface area contributed by atoms with Crippen LogP contribution in [0.25, 0.3) is 0 Å². The molecule has 0 atom stereocenters. The van der Waals surface area contributed by atoms with Gasteiger partial charge >= 0.3 is 9.05 Å². The Balaban J connectivity index is 0. The van der Waals surface area contributed by atoms with E-state index in [2.05, 4.69) is 68.5 Å². The van der Waals surface area contributed by atoms with Crippen molar-refractivity contribution in [2.75, 3.05) is 63.6 Å². The SMILES string of the molecule is CN(C)[S+](N(C)C)N(C)C.CO[Si]([O-])(OC)OC. The molecule has 0 fully saturated rings. The Morgan fingerprint density at radius 1 is 0.722 bits per heavy atom. The molecule has 0 aromatic heterocycles. The van der Waals surface area contributed by atoms with Gasteiger partial charge in [0, 0.05) is 63.6 Å². The first-order valence-electron chi connectivity index (χ1n) is 5.27. The van der Waals surface area contributed by atoms with Crippen LogP contribution < -0.4 is 4.80 Å². The van der Waals surface area contributed by atoms with Gasteiger partial charge in [0.15, 0.2) is 0 Å². The third-order valence-electron chi connectivity index (χ3n) is 1.73. The number of hydrogen-bond donors (Lipinski definition) is 0. The quantitative estimate of drug-likeness (QED) is 0.449. The molecule has 0 aromatic carbocycles. The van der Waals surface area contributed by atoms with Crippen LogP contribution in [-0.4, -0.2) is 85.6 Å². The Hall–Kier alpha value is 0.287. The van der Waals surface area contributed by atoms with Gasteiger partial charge in [0.25, 0.3) is 11.5 Å². The summed E-state index contributed by atoms with van der Waals surface area (Å²) in [6, 6.07) is 0. The second-order valence-electron chi connectivity index (χ2n) is 3.79. The standard InChI is InChI=1S/C6H18N3S.C3H9O4Si/c1-7(2)10(8(3)4)9(5)6;1-5-8(4,6-2)7-3/h1-6H3;1-3H3/q+1;-1. The third-order valence-corrected chi connectivity index (χ3v) is 5.19. The fourth-order valence-corrected chi connectivity index (χ4v) is 3.69. The van der Waals surface area contributed by atoms with Crippen molar-refractivity contribution >= 4 is 20.5 Å². The van der Waals surface area contributed by atoms with Crippen molar-refractivity contribution in [3.8, 4) is 0 Å². The third kappa shape index (κ3) is 8.40. The minimum Gasteiger partial charge on any atom is -0.793 e. The minimum atomic E-state index is -3.42. The topological polar surface area (TPSA) is 60.5 Å². The van der Waals surface area contributed by atoms with Crippen LogP contribution >= 0.6 is 0 Å². The van der Waals surface area contributed by atoms with Gasteiger partial charge in [-0.25, -0.2) is 0 Å². The molecule has 0 unspecified atom stereocenters. The van der Waals surface area contributed by atoms with Crippen LogP contribution in [-0.2, 0) is 24.7 Å². The van der Waals surface area contributed by atoms with Crippen LogP contribution in [0.2, 0.25) is 0 Å². The van der Waals surface area contributed by atoms with Crippen LogP contribution in [0.4, 0.5) is 0 Å². The molecule has 0 aliphatic carbocycles. The predicted octanol–water partition coefficient (Wildman–Crippen LogP) is -1.24. The van der Waals surface area contributed by atoms with Gasteiger partial charge in [-0.2, -0.15) is 0 Å². The first-order chi connectivity index (χ1) is 8.15. The van der Waals surface area contributed by atoms with Gasteiger partial charge in [-0.05, 0) is 0 Å². The van der Waals surface area contributed by atoms with E-state index >= 15 is 0 Å². The highest BCUT2D eigenvalue weighted by atomic mass is 32.2. The molecule has 9 heteroatoms. The average molecular weight is 301 g/mol. The van der Waals surface area contributed by atoms with Crippen LogP contribution in [0.15, 0.2) is 0 Å². The molecule has 0 spiro atoms. The van der Waals surface area contributed by atoms with Crippen molar-refractivity contribution in [3.05, 3.63) is 0 Å². The van der Waals surface area contributed by atoms with Crippen molar-refractivity contribution in [1.29, 1.82) is 0 Å². The zero-order chi connectivity index (χ0) is 14.9. The summed E-state index contributed by atoms with van der Waals surface area (Å²) >= 11 is 0.120. The van der Waals surface area contributed by atoms with Crippen molar-refractivity contribution < 1.29 is 18.1 Å². The van der Waals surface area contributed by atoms with Gasteiger partial charge in [0.1, 0.15) is 0 Å². The average Bonchev–Trinajstić information content (AvgIpc) is 2.27. The molecule has 0 aromatic rings. The van der Waals surface area contributed by atoms with E-state index in [0.717, 1.165) is 0 Å². The second-order valence-corrected chi connectivity index (χ2v) is 8.70. The molecular formula is C9H27N3O4SSi. The Kier molecular flexibility index (Phi) is 11.6. The van der Waals surface area contributed by atoms with Gasteiger partial charge in [-0.1, -0.05) is 12.9 Å². The Morgan fingerprint density at radius 2 is 0.944 bits per heavy atom. The van der Waals surface area contributed by atoms with Crippen LogP contribution in [0.1, 0.15) is 0 Å². The monoisotopic (exact) mass is 301 g/mol. The fraction of sp³-hybridized carbons (Fsp3) is 1.00. The van der Waals surface area contributed by atoms with E-state index in [1.165, 1.54) is 21.3 Å². The normalized spacial score (nSPS) is 12.3.